The summed E-state index contributed by atoms with van der Waals surface area (Å²) in [5.41, 5.74) is 1.14. The van der Waals surface area contributed by atoms with Crippen LogP contribution in [-0.4, -0.2) is 70.6 Å². The van der Waals surface area contributed by atoms with Crippen molar-refractivity contribution in [1.29, 1.82) is 0 Å². The molecule has 10 nitrogen and oxygen atoms in total. The summed E-state index contributed by atoms with van der Waals surface area (Å²) in [4.78, 5) is 18.7. The van der Waals surface area contributed by atoms with E-state index in [2.05, 4.69) is 25.4 Å². The number of hydrogen-bond acceptors (Lipinski definition) is 8. The molecule has 1 aliphatic heterocycles. The van der Waals surface area contributed by atoms with Gasteiger partial charge in [0.15, 0.2) is 17.3 Å². The molecule has 10 heteroatoms. The van der Waals surface area contributed by atoms with Crippen LogP contribution in [0.25, 0.3) is 10.9 Å². The van der Waals surface area contributed by atoms with Crippen molar-refractivity contribution in [3.05, 3.63) is 39.9 Å². The topological polar surface area (TPSA) is 107 Å². The number of morpholine rings is 1. The summed E-state index contributed by atoms with van der Waals surface area (Å²) in [6, 6.07) is 5.49. The Labute approximate surface area is 191 Å². The SMILES string of the molecule is COc1cc2cc([C@H](c3nnnn3C3CCCCC3)N3CCOCC3)c(=O)[nH]c2cc1OC. The number of rotatable bonds is 6. The highest BCUT2D eigenvalue weighted by Gasteiger charge is 2.33. The van der Waals surface area contributed by atoms with Crippen molar-refractivity contribution in [3.63, 3.8) is 0 Å². The number of aromatic amines is 1. The van der Waals surface area contributed by atoms with Gasteiger partial charge in [0, 0.05) is 30.1 Å². The summed E-state index contributed by atoms with van der Waals surface area (Å²) < 4.78 is 18.4. The first-order valence-corrected chi connectivity index (χ1v) is 11.6. The molecule has 33 heavy (non-hydrogen) atoms. The van der Waals surface area contributed by atoms with Crippen LogP contribution in [0.1, 0.15) is 55.6 Å². The standard InChI is InChI=1S/C23H30N6O4/c1-31-19-13-15-12-17(23(30)24-18(15)14-20(19)32-2)21(28-8-10-33-11-9-28)22-25-26-27-29(22)16-6-4-3-5-7-16/h12-14,16,21H,3-11H2,1-2H3,(H,24,30)/t21-/m1/s1. The second-order valence-corrected chi connectivity index (χ2v) is 8.67. The summed E-state index contributed by atoms with van der Waals surface area (Å²) in [5.74, 6) is 1.89. The number of H-pyrrole nitrogens is 1. The van der Waals surface area contributed by atoms with Crippen molar-refractivity contribution in [2.45, 2.75) is 44.2 Å². The average Bonchev–Trinajstić information content (AvgIpc) is 3.34. The molecule has 0 spiro atoms. The molecule has 0 unspecified atom stereocenters. The van der Waals surface area contributed by atoms with Crippen molar-refractivity contribution in [3.8, 4) is 11.5 Å². The first-order valence-electron chi connectivity index (χ1n) is 11.6. The predicted octanol–water partition coefficient (Wildman–Crippen LogP) is 2.46. The first kappa shape index (κ1) is 21.8. The zero-order valence-corrected chi connectivity index (χ0v) is 19.1. The van der Waals surface area contributed by atoms with E-state index in [1.54, 1.807) is 20.3 Å². The number of ether oxygens (including phenoxy) is 3. The lowest BCUT2D eigenvalue weighted by Crippen LogP contribution is -2.42. The molecule has 0 bridgehead atoms. The fourth-order valence-corrected chi connectivity index (χ4v) is 5.05. The summed E-state index contributed by atoms with van der Waals surface area (Å²) in [7, 11) is 3.18. The first-order chi connectivity index (χ1) is 16.2. The van der Waals surface area contributed by atoms with Crippen LogP contribution in [0.4, 0.5) is 0 Å². The number of nitrogens with one attached hydrogen (secondary N) is 1. The van der Waals surface area contributed by atoms with E-state index >= 15 is 0 Å². The third-order valence-electron chi connectivity index (χ3n) is 6.77. The maximum absolute atomic E-state index is 13.4. The minimum absolute atomic E-state index is 0.163. The van der Waals surface area contributed by atoms with Gasteiger partial charge in [0.1, 0.15) is 6.04 Å². The van der Waals surface area contributed by atoms with E-state index in [4.69, 9.17) is 14.2 Å². The van der Waals surface area contributed by atoms with Crippen molar-refractivity contribution >= 4 is 10.9 Å². The van der Waals surface area contributed by atoms with Crippen LogP contribution in [0.2, 0.25) is 0 Å². The third kappa shape index (κ3) is 4.20. The van der Waals surface area contributed by atoms with Gasteiger partial charge in [-0.05, 0) is 35.4 Å². The second-order valence-electron chi connectivity index (χ2n) is 8.67. The summed E-state index contributed by atoms with van der Waals surface area (Å²) in [6.07, 6.45) is 5.70. The summed E-state index contributed by atoms with van der Waals surface area (Å²) in [5, 5.41) is 13.7. The number of hydrogen-bond donors (Lipinski definition) is 1. The molecule has 1 saturated heterocycles. The minimum Gasteiger partial charge on any atom is -0.493 e. The van der Waals surface area contributed by atoms with Crippen molar-refractivity contribution < 1.29 is 14.2 Å². The highest BCUT2D eigenvalue weighted by Crippen LogP contribution is 2.35. The van der Waals surface area contributed by atoms with E-state index in [1.807, 2.05) is 16.8 Å². The van der Waals surface area contributed by atoms with Gasteiger partial charge in [-0.2, -0.15) is 0 Å². The van der Waals surface area contributed by atoms with Gasteiger partial charge in [0.25, 0.3) is 5.56 Å². The quantitative estimate of drug-likeness (QED) is 0.605. The van der Waals surface area contributed by atoms with Crippen molar-refractivity contribution in [1.82, 2.24) is 30.1 Å². The Morgan fingerprint density at radius 3 is 2.52 bits per heavy atom. The fraction of sp³-hybridized carbons (Fsp3) is 0.565. The molecule has 3 aromatic rings. The van der Waals surface area contributed by atoms with E-state index in [-0.39, 0.29) is 17.6 Å². The normalized spacial score (nSPS) is 19.0. The second kappa shape index (κ2) is 9.48. The Kier molecular flexibility index (Phi) is 6.28. The number of methoxy groups -OCH3 is 2. The van der Waals surface area contributed by atoms with E-state index in [0.29, 0.717) is 54.7 Å². The van der Waals surface area contributed by atoms with Crippen molar-refractivity contribution in [2.75, 3.05) is 40.5 Å². The minimum atomic E-state index is -0.368. The monoisotopic (exact) mass is 454 g/mol. The Morgan fingerprint density at radius 1 is 1.06 bits per heavy atom. The van der Waals surface area contributed by atoms with Gasteiger partial charge in [0.2, 0.25) is 0 Å². The molecule has 1 aliphatic carbocycles. The lowest BCUT2D eigenvalue weighted by molar-refractivity contribution is 0.0209. The Morgan fingerprint density at radius 2 is 1.79 bits per heavy atom. The zero-order valence-electron chi connectivity index (χ0n) is 19.1. The third-order valence-corrected chi connectivity index (χ3v) is 6.77. The smallest absolute Gasteiger partial charge is 0.253 e. The van der Waals surface area contributed by atoms with Crippen LogP contribution < -0.4 is 15.0 Å². The molecule has 176 valence electrons. The highest BCUT2D eigenvalue weighted by molar-refractivity contribution is 5.83. The highest BCUT2D eigenvalue weighted by atomic mass is 16.5. The number of aromatic nitrogens is 5. The molecular formula is C23H30N6O4. The fourth-order valence-electron chi connectivity index (χ4n) is 5.05. The van der Waals surface area contributed by atoms with E-state index < -0.39 is 0 Å². The number of fused-ring (bicyclic) bond motifs is 1. The van der Waals surface area contributed by atoms with Gasteiger partial charge in [-0.15, -0.1) is 5.10 Å². The van der Waals surface area contributed by atoms with Crippen LogP contribution in [0.3, 0.4) is 0 Å². The van der Waals surface area contributed by atoms with Crippen LogP contribution in [-0.2, 0) is 4.74 Å². The predicted molar refractivity (Wildman–Crippen MR) is 122 cm³/mol. The van der Waals surface area contributed by atoms with Gasteiger partial charge in [-0.3, -0.25) is 9.69 Å². The van der Waals surface area contributed by atoms with E-state index in [1.165, 1.54) is 19.3 Å². The number of nitrogens with zero attached hydrogens (tertiary/aromatic N) is 5. The summed E-state index contributed by atoms with van der Waals surface area (Å²) in [6.45, 7) is 2.62. The average molecular weight is 455 g/mol. The Balaban J connectivity index is 1.64. The maximum atomic E-state index is 13.4. The zero-order chi connectivity index (χ0) is 22.8. The van der Waals surface area contributed by atoms with Gasteiger partial charge in [0.05, 0.1) is 39.0 Å². The molecule has 0 amide bonds. The van der Waals surface area contributed by atoms with Gasteiger partial charge >= 0.3 is 0 Å². The molecular weight excluding hydrogens is 424 g/mol. The Bertz CT molecular complexity index is 1160. The van der Waals surface area contributed by atoms with E-state index in [9.17, 15) is 4.79 Å². The molecule has 3 heterocycles. The molecule has 1 N–H and O–H groups in total. The number of tetrazole rings is 1. The number of pyridine rings is 1. The molecule has 1 saturated carbocycles. The van der Waals surface area contributed by atoms with Crippen LogP contribution >= 0.6 is 0 Å². The number of benzene rings is 1. The van der Waals surface area contributed by atoms with Gasteiger partial charge < -0.3 is 19.2 Å². The van der Waals surface area contributed by atoms with E-state index in [0.717, 1.165) is 18.2 Å². The van der Waals surface area contributed by atoms with Crippen LogP contribution in [0.15, 0.2) is 23.0 Å². The maximum Gasteiger partial charge on any atom is 0.253 e. The van der Waals surface area contributed by atoms with Crippen LogP contribution in [0.5, 0.6) is 11.5 Å². The van der Waals surface area contributed by atoms with Gasteiger partial charge in [-0.1, -0.05) is 19.3 Å². The van der Waals surface area contributed by atoms with Crippen molar-refractivity contribution in [2.24, 2.45) is 0 Å². The van der Waals surface area contributed by atoms with Gasteiger partial charge in [-0.25, -0.2) is 4.68 Å². The molecule has 1 aromatic carbocycles. The molecule has 2 aliphatic rings. The molecule has 2 aromatic heterocycles. The molecule has 1 atom stereocenters. The summed E-state index contributed by atoms with van der Waals surface area (Å²) >= 11 is 0. The lowest BCUT2D eigenvalue weighted by atomic mass is 9.95. The molecule has 2 fully saturated rings. The van der Waals surface area contributed by atoms with Crippen LogP contribution in [0, 0.1) is 0 Å². The molecule has 5 rings (SSSR count). The molecule has 0 radical (unpaired) electrons. The lowest BCUT2D eigenvalue weighted by Gasteiger charge is -2.34. The Hall–Kier alpha value is -2.98. The largest absolute Gasteiger partial charge is 0.493 e.